The van der Waals surface area contributed by atoms with Gasteiger partial charge in [-0.05, 0) is 12.8 Å². The molecular formula is C11H14N2O4S. The monoisotopic (exact) mass is 270 g/mol. The minimum Gasteiger partial charge on any atom is -0.465 e. The zero-order chi connectivity index (χ0) is 13.3. The topological polar surface area (TPSA) is 90.6 Å². The average molecular weight is 270 g/mol. The van der Waals surface area contributed by atoms with Gasteiger partial charge in [-0.3, -0.25) is 0 Å². The van der Waals surface area contributed by atoms with Gasteiger partial charge in [-0.15, -0.1) is 11.3 Å². The van der Waals surface area contributed by atoms with Gasteiger partial charge in [0.25, 0.3) is 0 Å². The van der Waals surface area contributed by atoms with E-state index >= 15 is 0 Å². The van der Waals surface area contributed by atoms with E-state index in [2.05, 4.69) is 14.8 Å². The zero-order valence-electron chi connectivity index (χ0n) is 10.1. The van der Waals surface area contributed by atoms with E-state index in [0.717, 1.165) is 24.2 Å². The number of hydrogen-bond donors (Lipinski definition) is 2. The maximum absolute atomic E-state index is 11.7. The summed E-state index contributed by atoms with van der Waals surface area (Å²) in [4.78, 5) is 23.5. The van der Waals surface area contributed by atoms with E-state index in [0.29, 0.717) is 11.0 Å². The number of ether oxygens (including phenoxy) is 2. The highest BCUT2D eigenvalue weighted by Gasteiger charge is 2.30. The molecule has 1 aliphatic carbocycles. The number of carbonyl (C=O) groups is 2. The lowest BCUT2D eigenvalue weighted by molar-refractivity contribution is 0.0602. The summed E-state index contributed by atoms with van der Waals surface area (Å²) in [5.41, 5.74) is 6.15. The Balaban J connectivity index is 2.41. The van der Waals surface area contributed by atoms with Crippen LogP contribution in [-0.4, -0.2) is 32.2 Å². The second-order valence-corrected chi connectivity index (χ2v) is 4.97. The summed E-state index contributed by atoms with van der Waals surface area (Å²) >= 11 is 1.12. The Kier molecular flexibility index (Phi) is 3.42. The van der Waals surface area contributed by atoms with Crippen LogP contribution in [0.25, 0.3) is 0 Å². The highest BCUT2D eigenvalue weighted by molar-refractivity contribution is 7.19. The summed E-state index contributed by atoms with van der Waals surface area (Å²) in [5.74, 6) is -1.10. The molecule has 0 bridgehead atoms. The Hall–Kier alpha value is -1.76. The van der Waals surface area contributed by atoms with Crippen LogP contribution >= 0.6 is 11.3 Å². The van der Waals surface area contributed by atoms with Gasteiger partial charge in [0, 0.05) is 6.04 Å². The minimum absolute atomic E-state index is 0.113. The maximum Gasteiger partial charge on any atom is 0.350 e. The van der Waals surface area contributed by atoms with Crippen molar-refractivity contribution in [2.24, 2.45) is 0 Å². The van der Waals surface area contributed by atoms with Crippen LogP contribution in [0.3, 0.4) is 0 Å². The predicted octanol–water partition coefficient (Wildman–Crippen LogP) is 1.48. The van der Waals surface area contributed by atoms with Crippen molar-refractivity contribution < 1.29 is 19.1 Å². The molecule has 0 aromatic carbocycles. The summed E-state index contributed by atoms with van der Waals surface area (Å²) < 4.78 is 9.31. The van der Waals surface area contributed by atoms with Crippen LogP contribution in [-0.2, 0) is 9.47 Å². The standard InChI is InChI=1S/C11H14N2O4S/c1-16-10(14)6-7(12)8(11(15)17-2)18-9(6)13-5-3-4-5/h5,13H,3-4,12H2,1-2H3. The maximum atomic E-state index is 11.7. The highest BCUT2D eigenvalue weighted by Crippen LogP contribution is 2.39. The van der Waals surface area contributed by atoms with Gasteiger partial charge in [0.15, 0.2) is 0 Å². The minimum atomic E-state index is -0.554. The summed E-state index contributed by atoms with van der Waals surface area (Å²) in [6, 6.07) is 0.344. The van der Waals surface area contributed by atoms with Crippen LogP contribution in [0, 0.1) is 0 Å². The largest absolute Gasteiger partial charge is 0.465 e. The molecule has 0 amide bonds. The van der Waals surface area contributed by atoms with Crippen LogP contribution < -0.4 is 11.1 Å². The van der Waals surface area contributed by atoms with Gasteiger partial charge >= 0.3 is 11.9 Å². The lowest BCUT2D eigenvalue weighted by Gasteiger charge is -2.04. The van der Waals surface area contributed by atoms with Crippen molar-refractivity contribution in [3.8, 4) is 0 Å². The molecule has 0 unspecified atom stereocenters. The summed E-state index contributed by atoms with van der Waals surface area (Å²) in [5, 5.41) is 3.74. The molecule has 1 aromatic rings. The molecule has 1 saturated carbocycles. The quantitative estimate of drug-likeness (QED) is 0.805. The molecule has 1 aliphatic rings. The van der Waals surface area contributed by atoms with E-state index in [1.165, 1.54) is 14.2 Å². The molecule has 98 valence electrons. The first-order valence-corrected chi connectivity index (χ1v) is 6.25. The van der Waals surface area contributed by atoms with E-state index in [4.69, 9.17) is 5.73 Å². The van der Waals surface area contributed by atoms with Crippen LogP contribution in [0.1, 0.15) is 32.9 Å². The number of rotatable bonds is 4. The summed E-state index contributed by atoms with van der Waals surface area (Å²) in [6.45, 7) is 0. The molecule has 2 rings (SSSR count). The Labute approximate surface area is 108 Å². The lowest BCUT2D eigenvalue weighted by atomic mass is 10.2. The van der Waals surface area contributed by atoms with Crippen molar-refractivity contribution in [2.45, 2.75) is 18.9 Å². The van der Waals surface area contributed by atoms with Crippen molar-refractivity contribution in [3.63, 3.8) is 0 Å². The molecule has 1 heterocycles. The normalized spacial score (nSPS) is 14.1. The highest BCUT2D eigenvalue weighted by atomic mass is 32.1. The van der Waals surface area contributed by atoms with Crippen LogP contribution in [0.5, 0.6) is 0 Å². The molecule has 7 heteroatoms. The first-order chi connectivity index (χ1) is 8.58. The Bertz CT molecular complexity index is 493. The van der Waals surface area contributed by atoms with E-state index in [9.17, 15) is 9.59 Å². The van der Waals surface area contributed by atoms with Crippen molar-refractivity contribution in [1.29, 1.82) is 0 Å². The van der Waals surface area contributed by atoms with Crippen molar-refractivity contribution in [2.75, 3.05) is 25.3 Å². The molecule has 1 aromatic heterocycles. The third-order valence-electron chi connectivity index (χ3n) is 2.62. The molecule has 1 fully saturated rings. The molecule has 0 spiro atoms. The van der Waals surface area contributed by atoms with E-state index in [-0.39, 0.29) is 16.1 Å². The number of anilines is 2. The molecule has 0 atom stereocenters. The second kappa shape index (κ2) is 4.85. The average Bonchev–Trinajstić information content (AvgIpc) is 3.12. The van der Waals surface area contributed by atoms with Crippen LogP contribution in [0.15, 0.2) is 0 Å². The zero-order valence-corrected chi connectivity index (χ0v) is 10.9. The predicted molar refractivity (Wildman–Crippen MR) is 68.1 cm³/mol. The van der Waals surface area contributed by atoms with E-state index < -0.39 is 11.9 Å². The molecule has 0 radical (unpaired) electrons. The molecule has 3 N–H and O–H groups in total. The van der Waals surface area contributed by atoms with Gasteiger partial charge < -0.3 is 20.5 Å². The molecule has 6 nitrogen and oxygen atoms in total. The fraction of sp³-hybridized carbons (Fsp3) is 0.455. The number of nitrogens with two attached hydrogens (primary N) is 1. The van der Waals surface area contributed by atoms with Crippen LogP contribution in [0.2, 0.25) is 0 Å². The van der Waals surface area contributed by atoms with Crippen molar-refractivity contribution in [1.82, 2.24) is 0 Å². The Morgan fingerprint density at radius 1 is 1.28 bits per heavy atom. The van der Waals surface area contributed by atoms with Gasteiger partial charge in [-0.1, -0.05) is 0 Å². The Morgan fingerprint density at radius 3 is 2.39 bits per heavy atom. The second-order valence-electron chi connectivity index (χ2n) is 3.95. The van der Waals surface area contributed by atoms with Gasteiger partial charge in [-0.25, -0.2) is 9.59 Å². The molecule has 0 saturated heterocycles. The third kappa shape index (κ3) is 2.26. The smallest absolute Gasteiger partial charge is 0.350 e. The number of nitrogens with one attached hydrogen (secondary N) is 1. The summed E-state index contributed by atoms with van der Waals surface area (Å²) in [6.07, 6.45) is 2.10. The van der Waals surface area contributed by atoms with Gasteiger partial charge in [0.2, 0.25) is 0 Å². The van der Waals surface area contributed by atoms with Gasteiger partial charge in [0.05, 0.1) is 19.9 Å². The number of methoxy groups -OCH3 is 2. The summed E-state index contributed by atoms with van der Waals surface area (Å²) in [7, 11) is 2.55. The Morgan fingerprint density at radius 2 is 1.89 bits per heavy atom. The molecular weight excluding hydrogens is 256 g/mol. The fourth-order valence-corrected chi connectivity index (χ4v) is 2.61. The number of esters is 2. The fourth-order valence-electron chi connectivity index (χ4n) is 1.51. The first kappa shape index (κ1) is 12.7. The third-order valence-corrected chi connectivity index (χ3v) is 3.73. The van der Waals surface area contributed by atoms with Gasteiger partial charge in [-0.2, -0.15) is 0 Å². The number of hydrogen-bond acceptors (Lipinski definition) is 7. The van der Waals surface area contributed by atoms with Gasteiger partial charge in [0.1, 0.15) is 15.4 Å². The molecule has 18 heavy (non-hydrogen) atoms. The molecule has 0 aliphatic heterocycles. The number of carbonyl (C=O) groups excluding carboxylic acids is 2. The SMILES string of the molecule is COC(=O)c1sc(NC2CC2)c(C(=O)OC)c1N. The number of nitrogen functional groups attached to an aromatic ring is 1. The lowest BCUT2D eigenvalue weighted by Crippen LogP contribution is -2.10. The first-order valence-electron chi connectivity index (χ1n) is 5.44. The van der Waals surface area contributed by atoms with E-state index in [1.807, 2.05) is 0 Å². The van der Waals surface area contributed by atoms with Crippen molar-refractivity contribution >= 4 is 34.0 Å². The van der Waals surface area contributed by atoms with Crippen LogP contribution in [0.4, 0.5) is 10.7 Å². The van der Waals surface area contributed by atoms with E-state index in [1.54, 1.807) is 0 Å². The van der Waals surface area contributed by atoms with Crippen molar-refractivity contribution in [3.05, 3.63) is 10.4 Å². The number of thiophene rings is 1.